The molecule has 2 amide bonds. The van der Waals surface area contributed by atoms with Crippen molar-refractivity contribution in [3.63, 3.8) is 0 Å². The molecule has 8 heteroatoms. The number of hydrogen-bond donors (Lipinski definition) is 0. The number of nitrogens with zero attached hydrogens (tertiary/aromatic N) is 1. The van der Waals surface area contributed by atoms with E-state index in [-0.39, 0.29) is 21.3 Å². The Bertz CT molecular complexity index is 785. The summed E-state index contributed by atoms with van der Waals surface area (Å²) in [5.74, 6) is -1.52. The van der Waals surface area contributed by atoms with Crippen molar-refractivity contribution in [1.29, 1.82) is 0 Å². The van der Waals surface area contributed by atoms with Gasteiger partial charge < -0.3 is 4.74 Å². The minimum atomic E-state index is -4.82. The summed E-state index contributed by atoms with van der Waals surface area (Å²) in [5.41, 5.74) is 0.644. The van der Waals surface area contributed by atoms with Crippen molar-refractivity contribution in [3.8, 4) is 5.75 Å². The molecule has 0 aliphatic carbocycles. The first-order chi connectivity index (χ1) is 10.8. The molecule has 0 saturated carbocycles. The van der Waals surface area contributed by atoms with Crippen LogP contribution in [0.3, 0.4) is 0 Å². The number of fused-ring (bicyclic) bond motifs is 1. The van der Waals surface area contributed by atoms with Crippen LogP contribution in [0.15, 0.2) is 46.9 Å². The molecule has 2 aromatic rings. The predicted molar refractivity (Wildman–Crippen MR) is 78.4 cm³/mol. The lowest BCUT2D eigenvalue weighted by molar-refractivity contribution is -0.274. The Kier molecular flexibility index (Phi) is 3.63. The highest BCUT2D eigenvalue weighted by molar-refractivity contribution is 9.10. The van der Waals surface area contributed by atoms with Gasteiger partial charge in [-0.2, -0.15) is 0 Å². The third-order valence-electron chi connectivity index (χ3n) is 3.19. The Labute approximate surface area is 136 Å². The summed E-state index contributed by atoms with van der Waals surface area (Å²) >= 11 is 3.07. The molecule has 0 fully saturated rings. The average molecular weight is 386 g/mol. The van der Waals surface area contributed by atoms with Gasteiger partial charge in [-0.15, -0.1) is 13.2 Å². The van der Waals surface area contributed by atoms with Gasteiger partial charge in [0, 0.05) is 4.47 Å². The second-order valence-electron chi connectivity index (χ2n) is 4.65. The zero-order valence-corrected chi connectivity index (χ0v) is 12.8. The van der Waals surface area contributed by atoms with Gasteiger partial charge in [-0.1, -0.05) is 12.1 Å². The summed E-state index contributed by atoms with van der Waals surface area (Å²) in [5, 5.41) is 0. The van der Waals surface area contributed by atoms with Crippen LogP contribution in [-0.4, -0.2) is 18.2 Å². The second kappa shape index (κ2) is 5.38. The van der Waals surface area contributed by atoms with Crippen molar-refractivity contribution in [1.82, 2.24) is 0 Å². The molecule has 0 bridgehead atoms. The van der Waals surface area contributed by atoms with Crippen LogP contribution >= 0.6 is 15.9 Å². The minimum absolute atomic E-state index is 0.133. The van der Waals surface area contributed by atoms with Crippen LogP contribution < -0.4 is 9.64 Å². The van der Waals surface area contributed by atoms with E-state index in [4.69, 9.17) is 0 Å². The Morgan fingerprint density at radius 3 is 2.00 bits per heavy atom. The molecule has 3 rings (SSSR count). The lowest BCUT2D eigenvalue weighted by Gasteiger charge is -2.17. The Hall–Kier alpha value is -2.35. The standard InChI is InChI=1S/C15H7BrF3NO3/c16-11-7-8(23-15(17,18)19)5-6-12(11)20-13(21)9-3-1-2-4-10(9)14(20)22/h1-7H. The van der Waals surface area contributed by atoms with Gasteiger partial charge in [0.15, 0.2) is 0 Å². The number of ether oxygens (including phenoxy) is 1. The number of anilines is 1. The topological polar surface area (TPSA) is 46.6 Å². The van der Waals surface area contributed by atoms with E-state index in [2.05, 4.69) is 20.7 Å². The first kappa shape index (κ1) is 15.5. The van der Waals surface area contributed by atoms with E-state index in [1.165, 1.54) is 18.2 Å². The summed E-state index contributed by atoms with van der Waals surface area (Å²) in [4.78, 5) is 25.6. The molecule has 118 valence electrons. The molecular weight excluding hydrogens is 379 g/mol. The molecule has 2 aromatic carbocycles. The molecule has 0 radical (unpaired) electrons. The van der Waals surface area contributed by atoms with Gasteiger partial charge in [-0.3, -0.25) is 9.59 Å². The van der Waals surface area contributed by atoms with Crippen LogP contribution in [0.5, 0.6) is 5.75 Å². The van der Waals surface area contributed by atoms with E-state index >= 15 is 0 Å². The molecule has 23 heavy (non-hydrogen) atoms. The zero-order valence-electron chi connectivity index (χ0n) is 11.2. The summed E-state index contributed by atoms with van der Waals surface area (Å²) < 4.78 is 40.6. The van der Waals surface area contributed by atoms with E-state index in [0.29, 0.717) is 0 Å². The van der Waals surface area contributed by atoms with Crippen molar-refractivity contribution in [2.75, 3.05) is 4.90 Å². The molecule has 1 aliphatic heterocycles. The Morgan fingerprint density at radius 2 is 1.52 bits per heavy atom. The SMILES string of the molecule is O=C1c2ccccc2C(=O)N1c1ccc(OC(F)(F)F)cc1Br. The van der Waals surface area contributed by atoms with Gasteiger partial charge in [0.2, 0.25) is 0 Å². The molecule has 0 spiro atoms. The maximum absolute atomic E-state index is 12.3. The zero-order chi connectivity index (χ0) is 16.8. The van der Waals surface area contributed by atoms with Crippen molar-refractivity contribution < 1.29 is 27.5 Å². The predicted octanol–water partition coefficient (Wildman–Crippen LogP) is 4.15. The molecule has 0 saturated heterocycles. The third-order valence-corrected chi connectivity index (χ3v) is 3.82. The van der Waals surface area contributed by atoms with Gasteiger partial charge in [-0.05, 0) is 46.3 Å². The maximum atomic E-state index is 12.3. The molecular formula is C15H7BrF3NO3. The number of carbonyl (C=O) groups is 2. The van der Waals surface area contributed by atoms with E-state index in [1.807, 2.05) is 0 Å². The summed E-state index contributed by atoms with van der Waals surface area (Å²) in [7, 11) is 0. The van der Waals surface area contributed by atoms with Crippen molar-refractivity contribution in [2.45, 2.75) is 6.36 Å². The van der Waals surface area contributed by atoms with Crippen LogP contribution in [0.4, 0.5) is 18.9 Å². The van der Waals surface area contributed by atoms with Gasteiger partial charge in [0.25, 0.3) is 11.8 Å². The lowest BCUT2D eigenvalue weighted by atomic mass is 10.1. The first-order valence-corrected chi connectivity index (χ1v) is 7.10. The van der Waals surface area contributed by atoms with Gasteiger partial charge in [-0.25, -0.2) is 4.90 Å². The van der Waals surface area contributed by atoms with E-state index in [0.717, 1.165) is 17.0 Å². The molecule has 1 aliphatic rings. The van der Waals surface area contributed by atoms with Crippen LogP contribution in [0.1, 0.15) is 20.7 Å². The highest BCUT2D eigenvalue weighted by Crippen LogP contribution is 2.36. The molecule has 0 N–H and O–H groups in total. The molecule has 0 unspecified atom stereocenters. The number of rotatable bonds is 2. The summed E-state index contributed by atoms with van der Waals surface area (Å²) in [6.45, 7) is 0. The summed E-state index contributed by atoms with van der Waals surface area (Å²) in [6.07, 6.45) is -4.82. The fraction of sp³-hybridized carbons (Fsp3) is 0.0667. The number of alkyl halides is 3. The number of imide groups is 1. The second-order valence-corrected chi connectivity index (χ2v) is 5.51. The fourth-order valence-electron chi connectivity index (χ4n) is 2.27. The normalized spacial score (nSPS) is 14.2. The molecule has 0 aromatic heterocycles. The van der Waals surface area contributed by atoms with Gasteiger partial charge in [0.05, 0.1) is 16.8 Å². The van der Waals surface area contributed by atoms with E-state index in [1.54, 1.807) is 12.1 Å². The Balaban J connectivity index is 1.98. The molecule has 1 heterocycles. The fourth-order valence-corrected chi connectivity index (χ4v) is 2.81. The lowest BCUT2D eigenvalue weighted by Crippen LogP contribution is -2.29. The van der Waals surface area contributed by atoms with Crippen molar-refractivity contribution in [2.24, 2.45) is 0 Å². The van der Waals surface area contributed by atoms with Crippen LogP contribution in [0.2, 0.25) is 0 Å². The van der Waals surface area contributed by atoms with Crippen LogP contribution in [0, 0.1) is 0 Å². The number of halogens is 4. The monoisotopic (exact) mass is 385 g/mol. The molecule has 4 nitrogen and oxygen atoms in total. The number of amides is 2. The third kappa shape index (κ3) is 2.81. The van der Waals surface area contributed by atoms with E-state index < -0.39 is 23.9 Å². The van der Waals surface area contributed by atoms with Crippen LogP contribution in [-0.2, 0) is 0 Å². The molecule has 0 atom stereocenters. The van der Waals surface area contributed by atoms with Crippen molar-refractivity contribution >= 4 is 33.4 Å². The average Bonchev–Trinajstić information content (AvgIpc) is 2.71. The highest BCUT2D eigenvalue weighted by Gasteiger charge is 2.37. The summed E-state index contributed by atoms with van der Waals surface area (Å²) in [6, 6.07) is 9.59. The van der Waals surface area contributed by atoms with Crippen LogP contribution in [0.25, 0.3) is 0 Å². The first-order valence-electron chi connectivity index (χ1n) is 6.31. The smallest absolute Gasteiger partial charge is 0.406 e. The van der Waals surface area contributed by atoms with Gasteiger partial charge >= 0.3 is 6.36 Å². The number of hydrogen-bond acceptors (Lipinski definition) is 3. The number of benzene rings is 2. The largest absolute Gasteiger partial charge is 0.573 e. The van der Waals surface area contributed by atoms with E-state index in [9.17, 15) is 22.8 Å². The van der Waals surface area contributed by atoms with Crippen molar-refractivity contribution in [3.05, 3.63) is 58.1 Å². The van der Waals surface area contributed by atoms with Gasteiger partial charge in [0.1, 0.15) is 5.75 Å². The highest BCUT2D eigenvalue weighted by atomic mass is 79.9. The number of carbonyl (C=O) groups excluding carboxylic acids is 2. The minimum Gasteiger partial charge on any atom is -0.406 e. The Morgan fingerprint density at radius 1 is 0.957 bits per heavy atom. The maximum Gasteiger partial charge on any atom is 0.573 e. The quantitative estimate of drug-likeness (QED) is 0.729.